The molecule has 0 spiro atoms. The molecule has 128 valence electrons. The Labute approximate surface area is 153 Å². The van der Waals surface area contributed by atoms with Crippen LogP contribution in [-0.4, -0.2) is 12.6 Å². The van der Waals surface area contributed by atoms with Crippen molar-refractivity contribution in [2.24, 2.45) is 0 Å². The van der Waals surface area contributed by atoms with Crippen LogP contribution < -0.4 is 0 Å². The lowest BCUT2D eigenvalue weighted by Crippen LogP contribution is -2.37. The number of carbonyl (C=O) groups excluding carboxylic acids is 1. The first kappa shape index (κ1) is 17.4. The molecule has 3 nitrogen and oxygen atoms in total. The molecule has 0 saturated heterocycles. The highest BCUT2D eigenvalue weighted by Gasteiger charge is 2.44. The second-order valence-corrected chi connectivity index (χ2v) is 5.89. The second-order valence-electron chi connectivity index (χ2n) is 5.89. The molecule has 0 amide bonds. The summed E-state index contributed by atoms with van der Waals surface area (Å²) in [5, 5.41) is 10.0. The van der Waals surface area contributed by atoms with Crippen LogP contribution in [0.4, 0.5) is 0 Å². The van der Waals surface area contributed by atoms with Gasteiger partial charge in [0.25, 0.3) is 0 Å². The number of rotatable bonds is 5. The van der Waals surface area contributed by atoms with Crippen LogP contribution >= 0.6 is 0 Å². The van der Waals surface area contributed by atoms with Crippen LogP contribution in [0.25, 0.3) is 11.1 Å². The maximum Gasteiger partial charge on any atom is 0.335 e. The number of ether oxygens (including phenoxy) is 1. The fourth-order valence-electron chi connectivity index (χ4n) is 3.05. The Morgan fingerprint density at radius 2 is 1.35 bits per heavy atom. The summed E-state index contributed by atoms with van der Waals surface area (Å²) >= 11 is 0. The molecular weight excluding hydrogens is 322 g/mol. The van der Waals surface area contributed by atoms with Gasteiger partial charge in [-0.3, -0.25) is 0 Å². The van der Waals surface area contributed by atoms with Crippen LogP contribution in [0, 0.1) is 11.3 Å². The van der Waals surface area contributed by atoms with Crippen molar-refractivity contribution in [3.8, 4) is 17.2 Å². The van der Waals surface area contributed by atoms with Crippen molar-refractivity contribution in [3.05, 3.63) is 96.1 Å². The number of esters is 1. The Morgan fingerprint density at radius 1 is 0.846 bits per heavy atom. The van der Waals surface area contributed by atoms with E-state index in [1.54, 1.807) is 19.1 Å². The molecule has 0 saturated carbocycles. The van der Waals surface area contributed by atoms with Crippen molar-refractivity contribution < 1.29 is 9.53 Å². The number of hydrogen-bond acceptors (Lipinski definition) is 3. The van der Waals surface area contributed by atoms with Gasteiger partial charge in [0.2, 0.25) is 5.41 Å². The third kappa shape index (κ3) is 3.10. The summed E-state index contributed by atoms with van der Waals surface area (Å²) in [5.41, 5.74) is 1.83. The Morgan fingerprint density at radius 3 is 1.88 bits per heavy atom. The van der Waals surface area contributed by atoms with Gasteiger partial charge in [-0.05, 0) is 29.2 Å². The van der Waals surface area contributed by atoms with Crippen molar-refractivity contribution in [3.63, 3.8) is 0 Å². The molecule has 0 heterocycles. The zero-order valence-corrected chi connectivity index (χ0v) is 14.6. The predicted molar refractivity (Wildman–Crippen MR) is 101 cm³/mol. The molecule has 0 radical (unpaired) electrons. The van der Waals surface area contributed by atoms with Crippen molar-refractivity contribution in [1.82, 2.24) is 0 Å². The second kappa shape index (κ2) is 7.67. The highest BCUT2D eigenvalue weighted by Crippen LogP contribution is 2.34. The summed E-state index contributed by atoms with van der Waals surface area (Å²) in [5.74, 6) is -0.554. The van der Waals surface area contributed by atoms with Gasteiger partial charge in [0.15, 0.2) is 0 Å². The molecule has 3 heteroatoms. The lowest BCUT2D eigenvalue weighted by Gasteiger charge is -2.25. The highest BCUT2D eigenvalue weighted by molar-refractivity contribution is 5.91. The van der Waals surface area contributed by atoms with Gasteiger partial charge in [-0.15, -0.1) is 0 Å². The molecule has 1 unspecified atom stereocenters. The number of hydrogen-bond donors (Lipinski definition) is 0. The minimum Gasteiger partial charge on any atom is -0.464 e. The van der Waals surface area contributed by atoms with Gasteiger partial charge in [0, 0.05) is 0 Å². The van der Waals surface area contributed by atoms with Crippen molar-refractivity contribution in [1.29, 1.82) is 5.26 Å². The van der Waals surface area contributed by atoms with E-state index >= 15 is 0 Å². The summed E-state index contributed by atoms with van der Waals surface area (Å²) in [6.45, 7) is 1.96. The Bertz CT molecular complexity index is 912. The van der Waals surface area contributed by atoms with Gasteiger partial charge >= 0.3 is 5.97 Å². The standard InChI is InChI=1S/C23H19NO2/c1-2-26-22(25)23(17-24,20-11-7-4-8-12-20)21-15-13-19(14-16-21)18-9-5-3-6-10-18/h3-16H,2H2,1H3. The first-order valence-corrected chi connectivity index (χ1v) is 8.52. The van der Waals surface area contributed by atoms with E-state index in [9.17, 15) is 10.1 Å². The van der Waals surface area contributed by atoms with Crippen LogP contribution in [0.5, 0.6) is 0 Å². The molecule has 26 heavy (non-hydrogen) atoms. The molecule has 1 atom stereocenters. The molecule has 0 aliphatic carbocycles. The number of carbonyl (C=O) groups is 1. The molecule has 0 bridgehead atoms. The van der Waals surface area contributed by atoms with Crippen LogP contribution in [0.3, 0.4) is 0 Å². The molecule has 0 aromatic heterocycles. The summed E-state index contributed by atoms with van der Waals surface area (Å²) in [7, 11) is 0. The normalized spacial score (nSPS) is 12.6. The van der Waals surface area contributed by atoms with Crippen molar-refractivity contribution >= 4 is 5.97 Å². The quantitative estimate of drug-likeness (QED) is 0.631. The molecule has 0 aliphatic heterocycles. The molecule has 3 aromatic carbocycles. The van der Waals surface area contributed by atoms with Crippen molar-refractivity contribution in [2.45, 2.75) is 12.3 Å². The highest BCUT2D eigenvalue weighted by atomic mass is 16.5. The maximum atomic E-state index is 12.8. The average molecular weight is 341 g/mol. The van der Waals surface area contributed by atoms with E-state index in [1.165, 1.54) is 0 Å². The minimum atomic E-state index is -1.48. The van der Waals surface area contributed by atoms with Crippen LogP contribution in [-0.2, 0) is 14.9 Å². The van der Waals surface area contributed by atoms with E-state index in [0.717, 1.165) is 11.1 Å². The molecule has 0 fully saturated rings. The molecular formula is C23H19NO2. The minimum absolute atomic E-state index is 0.219. The van der Waals surface area contributed by atoms with E-state index in [-0.39, 0.29) is 6.61 Å². The Kier molecular flexibility index (Phi) is 5.15. The number of nitriles is 1. The summed E-state index contributed by atoms with van der Waals surface area (Å²) in [4.78, 5) is 12.8. The van der Waals surface area contributed by atoms with E-state index in [1.807, 2.05) is 72.8 Å². The van der Waals surface area contributed by atoms with E-state index in [2.05, 4.69) is 6.07 Å². The number of benzene rings is 3. The van der Waals surface area contributed by atoms with Gasteiger partial charge in [0.05, 0.1) is 12.7 Å². The molecule has 3 aromatic rings. The van der Waals surface area contributed by atoms with Gasteiger partial charge in [0.1, 0.15) is 0 Å². The lowest BCUT2D eigenvalue weighted by molar-refractivity contribution is -0.146. The first-order chi connectivity index (χ1) is 12.7. The molecule has 0 N–H and O–H groups in total. The summed E-state index contributed by atoms with van der Waals surface area (Å²) in [6.07, 6.45) is 0. The Balaban J connectivity index is 2.11. The van der Waals surface area contributed by atoms with Gasteiger partial charge in [-0.25, -0.2) is 4.79 Å². The van der Waals surface area contributed by atoms with Gasteiger partial charge < -0.3 is 4.74 Å². The lowest BCUT2D eigenvalue weighted by atomic mass is 9.75. The van der Waals surface area contributed by atoms with E-state index < -0.39 is 11.4 Å². The zero-order valence-electron chi connectivity index (χ0n) is 14.6. The fourth-order valence-corrected chi connectivity index (χ4v) is 3.05. The van der Waals surface area contributed by atoms with E-state index in [0.29, 0.717) is 11.1 Å². The smallest absolute Gasteiger partial charge is 0.335 e. The number of nitrogens with zero attached hydrogens (tertiary/aromatic N) is 1. The van der Waals surface area contributed by atoms with Crippen LogP contribution in [0.1, 0.15) is 18.1 Å². The van der Waals surface area contributed by atoms with Crippen molar-refractivity contribution in [2.75, 3.05) is 6.61 Å². The largest absolute Gasteiger partial charge is 0.464 e. The average Bonchev–Trinajstić information content (AvgIpc) is 2.71. The monoisotopic (exact) mass is 341 g/mol. The van der Waals surface area contributed by atoms with Gasteiger partial charge in [-0.1, -0.05) is 84.9 Å². The third-order valence-electron chi connectivity index (χ3n) is 4.38. The Hall–Kier alpha value is -3.38. The SMILES string of the molecule is CCOC(=O)C(C#N)(c1ccccc1)c1ccc(-c2ccccc2)cc1. The topological polar surface area (TPSA) is 50.1 Å². The van der Waals surface area contributed by atoms with Crippen LogP contribution in [0.15, 0.2) is 84.9 Å². The summed E-state index contributed by atoms with van der Waals surface area (Å²) < 4.78 is 5.26. The van der Waals surface area contributed by atoms with Gasteiger partial charge in [-0.2, -0.15) is 5.26 Å². The third-order valence-corrected chi connectivity index (χ3v) is 4.38. The molecule has 3 rings (SSSR count). The predicted octanol–water partition coefficient (Wildman–Crippen LogP) is 4.73. The molecule has 0 aliphatic rings. The van der Waals surface area contributed by atoms with Crippen LogP contribution in [0.2, 0.25) is 0 Å². The first-order valence-electron chi connectivity index (χ1n) is 8.52. The van der Waals surface area contributed by atoms with E-state index in [4.69, 9.17) is 4.74 Å². The summed E-state index contributed by atoms with van der Waals surface area (Å²) in [6, 6.07) is 28.8. The maximum absolute atomic E-state index is 12.8. The fraction of sp³-hybridized carbons (Fsp3) is 0.130. The zero-order chi connectivity index (χ0) is 18.4.